The van der Waals surface area contributed by atoms with E-state index in [0.717, 1.165) is 5.00 Å². The number of anilines is 2. The van der Waals surface area contributed by atoms with Crippen LogP contribution in [0.25, 0.3) is 0 Å². The normalized spacial score (nSPS) is 12.4. The molecule has 92 valence electrons. The Balaban J connectivity index is 2.37. The van der Waals surface area contributed by atoms with E-state index in [1.54, 1.807) is 14.2 Å². The number of aromatic nitrogens is 1. The average Bonchev–Trinajstić information content (AvgIpc) is 2.60. The molecule has 16 heavy (non-hydrogen) atoms. The van der Waals surface area contributed by atoms with Crippen LogP contribution < -0.4 is 15.8 Å². The molecule has 1 heterocycles. The lowest BCUT2D eigenvalue weighted by Gasteiger charge is -2.10. The highest BCUT2D eigenvalue weighted by atomic mass is 32.1. The predicted molar refractivity (Wildman–Crippen MR) is 64.1 cm³/mol. The second kappa shape index (κ2) is 6.51. The molecule has 0 spiro atoms. The summed E-state index contributed by atoms with van der Waals surface area (Å²) < 4.78 is 13.9. The van der Waals surface area contributed by atoms with Gasteiger partial charge in [-0.3, -0.25) is 0 Å². The number of hydrogen-bond acceptors (Lipinski definition) is 7. The molecule has 0 amide bonds. The summed E-state index contributed by atoms with van der Waals surface area (Å²) in [5, 5.41) is 13.3. The Morgan fingerprint density at radius 2 is 2.31 bits per heavy atom. The first-order valence-corrected chi connectivity index (χ1v) is 5.66. The Kier molecular flexibility index (Phi) is 5.30. The van der Waals surface area contributed by atoms with Crippen molar-refractivity contribution in [3.8, 4) is 5.75 Å². The van der Waals surface area contributed by atoms with Crippen molar-refractivity contribution in [1.29, 1.82) is 0 Å². The minimum atomic E-state index is -0.464. The number of hydrogen-bond donors (Lipinski definition) is 3. The summed E-state index contributed by atoms with van der Waals surface area (Å²) in [7, 11) is 3.11. The molecule has 7 heteroatoms. The van der Waals surface area contributed by atoms with Crippen LogP contribution in [0.5, 0.6) is 5.75 Å². The largest absolute Gasteiger partial charge is 0.490 e. The summed E-state index contributed by atoms with van der Waals surface area (Å²) in [4.78, 5) is 0. The number of nitrogens with zero attached hydrogens (tertiary/aromatic N) is 1. The molecule has 6 nitrogen and oxygen atoms in total. The number of rotatable bonds is 7. The molecule has 0 radical (unpaired) electrons. The van der Waals surface area contributed by atoms with Crippen molar-refractivity contribution in [1.82, 2.24) is 4.37 Å². The van der Waals surface area contributed by atoms with Gasteiger partial charge in [0.2, 0.25) is 0 Å². The second-order valence-corrected chi connectivity index (χ2v) is 4.03. The number of aliphatic hydroxyl groups excluding tert-OH is 1. The Bertz CT molecular complexity index is 319. The van der Waals surface area contributed by atoms with Crippen LogP contribution in [0.2, 0.25) is 0 Å². The maximum absolute atomic E-state index is 9.43. The van der Waals surface area contributed by atoms with Crippen molar-refractivity contribution in [2.75, 3.05) is 38.4 Å². The van der Waals surface area contributed by atoms with Gasteiger partial charge in [-0.25, -0.2) is 0 Å². The summed E-state index contributed by atoms with van der Waals surface area (Å²) in [6.45, 7) is 0.951. The average molecular weight is 247 g/mol. The van der Waals surface area contributed by atoms with E-state index in [0.29, 0.717) is 31.1 Å². The van der Waals surface area contributed by atoms with Gasteiger partial charge in [0.15, 0.2) is 16.6 Å². The zero-order chi connectivity index (χ0) is 12.0. The molecule has 1 atom stereocenters. The number of ether oxygens (including phenoxy) is 2. The van der Waals surface area contributed by atoms with Crippen LogP contribution in [0.1, 0.15) is 6.42 Å². The first-order valence-electron chi connectivity index (χ1n) is 4.89. The van der Waals surface area contributed by atoms with Crippen molar-refractivity contribution in [3.05, 3.63) is 0 Å². The highest BCUT2D eigenvalue weighted by Crippen LogP contribution is 2.34. The predicted octanol–water partition coefficient (Wildman–Crippen LogP) is 0.543. The van der Waals surface area contributed by atoms with E-state index in [9.17, 15) is 5.11 Å². The van der Waals surface area contributed by atoms with Crippen LogP contribution in [0, 0.1) is 0 Å². The molecule has 0 aliphatic carbocycles. The van der Waals surface area contributed by atoms with Crippen molar-refractivity contribution in [2.24, 2.45) is 0 Å². The molecule has 0 aliphatic heterocycles. The zero-order valence-electron chi connectivity index (χ0n) is 9.40. The molecule has 0 aliphatic rings. The molecule has 1 unspecified atom stereocenters. The van der Waals surface area contributed by atoms with Gasteiger partial charge >= 0.3 is 0 Å². The Morgan fingerprint density at radius 1 is 1.56 bits per heavy atom. The molecule has 0 saturated carbocycles. The number of methoxy groups -OCH3 is 2. The summed E-state index contributed by atoms with van der Waals surface area (Å²) >= 11 is 1.24. The van der Waals surface area contributed by atoms with E-state index in [-0.39, 0.29) is 0 Å². The van der Waals surface area contributed by atoms with Crippen LogP contribution >= 0.6 is 11.5 Å². The van der Waals surface area contributed by atoms with Crippen LogP contribution in [0.4, 0.5) is 10.8 Å². The number of aliphatic hydroxyl groups is 1. The molecule has 1 aromatic heterocycles. The van der Waals surface area contributed by atoms with Gasteiger partial charge in [-0.05, 0) is 18.0 Å². The Labute approximate surface area is 98.5 Å². The fourth-order valence-corrected chi connectivity index (χ4v) is 1.94. The van der Waals surface area contributed by atoms with E-state index in [4.69, 9.17) is 15.2 Å². The third-order valence-corrected chi connectivity index (χ3v) is 2.80. The van der Waals surface area contributed by atoms with E-state index >= 15 is 0 Å². The maximum atomic E-state index is 9.43. The Morgan fingerprint density at radius 3 is 2.94 bits per heavy atom. The lowest BCUT2D eigenvalue weighted by molar-refractivity contribution is 0.0615. The smallest absolute Gasteiger partial charge is 0.197 e. The first-order chi connectivity index (χ1) is 7.69. The SMILES string of the molecule is COCC(O)CCNc1snc(N)c1OC. The molecule has 4 N–H and O–H groups in total. The van der Waals surface area contributed by atoms with Gasteiger partial charge < -0.3 is 25.6 Å². The zero-order valence-corrected chi connectivity index (χ0v) is 10.2. The molecule has 1 aromatic rings. The van der Waals surface area contributed by atoms with Gasteiger partial charge in [-0.15, -0.1) is 0 Å². The summed E-state index contributed by atoms with van der Waals surface area (Å²) in [5.41, 5.74) is 5.60. The van der Waals surface area contributed by atoms with Gasteiger partial charge in [-0.2, -0.15) is 4.37 Å². The molecular weight excluding hydrogens is 230 g/mol. The highest BCUT2D eigenvalue weighted by Gasteiger charge is 2.11. The van der Waals surface area contributed by atoms with Gasteiger partial charge in [0.05, 0.1) is 19.8 Å². The lowest BCUT2D eigenvalue weighted by atomic mass is 10.3. The minimum Gasteiger partial charge on any atom is -0.490 e. The number of nitrogens with two attached hydrogens (primary N) is 1. The molecular formula is C9H17N3O3S. The first kappa shape index (κ1) is 13.0. The maximum Gasteiger partial charge on any atom is 0.197 e. The molecule has 0 saturated heterocycles. The lowest BCUT2D eigenvalue weighted by Crippen LogP contribution is -2.18. The van der Waals surface area contributed by atoms with Crippen LogP contribution in [-0.2, 0) is 4.74 Å². The monoisotopic (exact) mass is 247 g/mol. The van der Waals surface area contributed by atoms with E-state index < -0.39 is 6.10 Å². The van der Waals surface area contributed by atoms with E-state index in [1.807, 2.05) is 0 Å². The standard InChI is InChI=1S/C9H17N3O3S/c1-14-5-6(13)3-4-11-9-7(15-2)8(10)12-16-9/h6,11,13H,3-5H2,1-2H3,(H2,10,12). The summed E-state index contributed by atoms with van der Waals surface area (Å²) in [6.07, 6.45) is 0.128. The topological polar surface area (TPSA) is 89.6 Å². The van der Waals surface area contributed by atoms with E-state index in [1.165, 1.54) is 11.5 Å². The summed E-state index contributed by atoms with van der Waals surface area (Å²) in [6, 6.07) is 0. The number of nitrogen functional groups attached to an aromatic ring is 1. The molecule has 0 fully saturated rings. The molecule has 1 rings (SSSR count). The molecule has 0 bridgehead atoms. The van der Waals surface area contributed by atoms with Crippen molar-refractivity contribution < 1.29 is 14.6 Å². The third-order valence-electron chi connectivity index (χ3n) is 2.00. The third kappa shape index (κ3) is 3.51. The quantitative estimate of drug-likeness (QED) is 0.651. The van der Waals surface area contributed by atoms with Gasteiger partial charge in [0, 0.05) is 13.7 Å². The van der Waals surface area contributed by atoms with Gasteiger partial charge in [-0.1, -0.05) is 0 Å². The van der Waals surface area contributed by atoms with Gasteiger partial charge in [0.1, 0.15) is 0 Å². The van der Waals surface area contributed by atoms with Crippen molar-refractivity contribution in [2.45, 2.75) is 12.5 Å². The fraction of sp³-hybridized carbons (Fsp3) is 0.667. The van der Waals surface area contributed by atoms with Crippen LogP contribution in [-0.4, -0.2) is 43.0 Å². The van der Waals surface area contributed by atoms with Crippen LogP contribution in [0.15, 0.2) is 0 Å². The molecule has 0 aromatic carbocycles. The van der Waals surface area contributed by atoms with Gasteiger partial charge in [0.25, 0.3) is 0 Å². The van der Waals surface area contributed by atoms with E-state index in [2.05, 4.69) is 9.69 Å². The van der Waals surface area contributed by atoms with Crippen molar-refractivity contribution >= 4 is 22.4 Å². The minimum absolute atomic E-state index is 0.337. The highest BCUT2D eigenvalue weighted by molar-refractivity contribution is 7.11. The summed E-state index contributed by atoms with van der Waals surface area (Å²) in [5.74, 6) is 0.943. The fourth-order valence-electron chi connectivity index (χ4n) is 1.23. The second-order valence-electron chi connectivity index (χ2n) is 3.25. The van der Waals surface area contributed by atoms with Crippen molar-refractivity contribution in [3.63, 3.8) is 0 Å². The van der Waals surface area contributed by atoms with Crippen LogP contribution in [0.3, 0.4) is 0 Å². The Hall–Kier alpha value is -1.05. The number of nitrogens with one attached hydrogen (secondary N) is 1.